The Hall–Kier alpha value is -1.52. The normalized spacial score (nSPS) is 10.6. The van der Waals surface area contributed by atoms with Crippen LogP contribution in [0.1, 0.15) is 37.3 Å². The largest absolute Gasteiger partial charge is 0.493 e. The summed E-state index contributed by atoms with van der Waals surface area (Å²) in [7, 11) is 0. The molecule has 0 amide bonds. The van der Waals surface area contributed by atoms with Crippen molar-refractivity contribution >= 4 is 5.97 Å². The summed E-state index contributed by atoms with van der Waals surface area (Å²) in [6.07, 6.45) is 0. The highest BCUT2D eigenvalue weighted by Gasteiger charge is 2.15. The summed E-state index contributed by atoms with van der Waals surface area (Å²) in [5, 5.41) is 13.3. The van der Waals surface area contributed by atoms with Crippen LogP contribution in [0.4, 0.5) is 0 Å². The number of hydrogen-bond donors (Lipinski definition) is 1. The minimum Gasteiger partial charge on any atom is -0.493 e. The highest BCUT2D eigenvalue weighted by atomic mass is 16.5. The van der Waals surface area contributed by atoms with Gasteiger partial charge >= 0.3 is 5.97 Å². The second-order valence-corrected chi connectivity index (χ2v) is 3.15. The van der Waals surface area contributed by atoms with Crippen LogP contribution in [0.15, 0.2) is 6.07 Å². The number of ether oxygens (including phenoxy) is 1. The van der Waals surface area contributed by atoms with E-state index in [9.17, 15) is 9.90 Å². The minimum absolute atomic E-state index is 0.0122. The van der Waals surface area contributed by atoms with Crippen molar-refractivity contribution in [2.75, 3.05) is 6.61 Å². The molecule has 78 valence electrons. The molecule has 0 aromatic carbocycles. The predicted molar refractivity (Wildman–Crippen MR) is 50.2 cm³/mol. The van der Waals surface area contributed by atoms with Gasteiger partial charge in [-0.15, -0.1) is 0 Å². The van der Waals surface area contributed by atoms with E-state index >= 15 is 0 Å². The van der Waals surface area contributed by atoms with E-state index in [1.54, 1.807) is 6.92 Å². The van der Waals surface area contributed by atoms with Gasteiger partial charge < -0.3 is 9.84 Å². The van der Waals surface area contributed by atoms with Gasteiger partial charge in [-0.05, 0) is 20.8 Å². The molecule has 1 aromatic heterocycles. The first-order valence-electron chi connectivity index (χ1n) is 4.52. The number of hydrogen-bond acceptors (Lipinski definition) is 4. The van der Waals surface area contributed by atoms with Crippen LogP contribution in [-0.4, -0.2) is 27.5 Å². The van der Waals surface area contributed by atoms with E-state index in [4.69, 9.17) is 4.74 Å². The molecule has 0 aliphatic rings. The Labute approximate surface area is 82.3 Å². The predicted octanol–water partition coefficient (Wildman–Crippen LogP) is 1.35. The van der Waals surface area contributed by atoms with E-state index in [2.05, 4.69) is 5.10 Å². The number of esters is 1. The molecule has 0 saturated carbocycles. The van der Waals surface area contributed by atoms with Crippen LogP contribution >= 0.6 is 0 Å². The van der Waals surface area contributed by atoms with Gasteiger partial charge in [0.15, 0.2) is 5.69 Å². The SMILES string of the molecule is CCOC(=O)c1cc(O)n(C(C)C)n1. The van der Waals surface area contributed by atoms with E-state index in [0.717, 1.165) is 0 Å². The molecule has 0 saturated heterocycles. The van der Waals surface area contributed by atoms with Crippen molar-refractivity contribution in [2.45, 2.75) is 26.8 Å². The molecule has 0 atom stereocenters. The monoisotopic (exact) mass is 198 g/mol. The molecule has 0 aliphatic carbocycles. The summed E-state index contributed by atoms with van der Waals surface area (Å²) in [4.78, 5) is 11.2. The number of aromatic nitrogens is 2. The second kappa shape index (κ2) is 4.13. The van der Waals surface area contributed by atoms with Crippen molar-refractivity contribution in [1.29, 1.82) is 0 Å². The molecule has 1 heterocycles. The van der Waals surface area contributed by atoms with Crippen molar-refractivity contribution in [3.05, 3.63) is 11.8 Å². The topological polar surface area (TPSA) is 64.3 Å². The van der Waals surface area contributed by atoms with Crippen LogP contribution in [0.3, 0.4) is 0 Å². The molecular formula is C9H14N2O3. The quantitative estimate of drug-likeness (QED) is 0.744. The molecule has 0 spiro atoms. The highest BCUT2D eigenvalue weighted by molar-refractivity contribution is 5.87. The maximum atomic E-state index is 11.2. The third kappa shape index (κ3) is 2.04. The molecule has 5 heteroatoms. The Morgan fingerprint density at radius 1 is 1.71 bits per heavy atom. The highest BCUT2D eigenvalue weighted by Crippen LogP contribution is 2.17. The van der Waals surface area contributed by atoms with Gasteiger partial charge in [0.05, 0.1) is 12.6 Å². The Balaban J connectivity index is 2.90. The molecule has 5 nitrogen and oxygen atoms in total. The zero-order valence-corrected chi connectivity index (χ0v) is 8.52. The third-order valence-electron chi connectivity index (χ3n) is 1.69. The van der Waals surface area contributed by atoms with Gasteiger partial charge in [0.1, 0.15) is 0 Å². The molecule has 0 unspecified atom stereocenters. The second-order valence-electron chi connectivity index (χ2n) is 3.15. The van der Waals surface area contributed by atoms with Crippen molar-refractivity contribution in [1.82, 2.24) is 9.78 Å². The van der Waals surface area contributed by atoms with E-state index in [1.807, 2.05) is 13.8 Å². The maximum absolute atomic E-state index is 11.2. The van der Waals surface area contributed by atoms with E-state index in [-0.39, 0.29) is 17.6 Å². The smallest absolute Gasteiger partial charge is 0.358 e. The van der Waals surface area contributed by atoms with Crippen molar-refractivity contribution in [3.8, 4) is 5.88 Å². The Bertz CT molecular complexity index is 331. The molecule has 1 N–H and O–H groups in total. The third-order valence-corrected chi connectivity index (χ3v) is 1.69. The Kier molecular flexibility index (Phi) is 3.11. The fourth-order valence-electron chi connectivity index (χ4n) is 1.07. The van der Waals surface area contributed by atoms with Gasteiger partial charge in [-0.25, -0.2) is 9.48 Å². The lowest BCUT2D eigenvalue weighted by atomic mass is 10.4. The van der Waals surface area contributed by atoms with Crippen LogP contribution in [0.2, 0.25) is 0 Å². The number of carbonyl (C=O) groups is 1. The molecule has 0 bridgehead atoms. The number of nitrogens with zero attached hydrogens (tertiary/aromatic N) is 2. The molecule has 1 rings (SSSR count). The van der Waals surface area contributed by atoms with Crippen LogP contribution < -0.4 is 0 Å². The summed E-state index contributed by atoms with van der Waals surface area (Å²) < 4.78 is 6.12. The molecular weight excluding hydrogens is 184 g/mol. The molecule has 1 aromatic rings. The fourth-order valence-corrected chi connectivity index (χ4v) is 1.07. The van der Waals surface area contributed by atoms with E-state index < -0.39 is 5.97 Å². The lowest BCUT2D eigenvalue weighted by Crippen LogP contribution is -2.08. The number of carbonyl (C=O) groups excluding carboxylic acids is 1. The Morgan fingerprint density at radius 2 is 2.36 bits per heavy atom. The van der Waals surface area contributed by atoms with Gasteiger partial charge in [0, 0.05) is 6.07 Å². The van der Waals surface area contributed by atoms with Crippen molar-refractivity contribution in [2.24, 2.45) is 0 Å². The summed E-state index contributed by atoms with van der Waals surface area (Å²) >= 11 is 0. The summed E-state index contributed by atoms with van der Waals surface area (Å²) in [6.45, 7) is 5.74. The van der Waals surface area contributed by atoms with Gasteiger partial charge in [-0.3, -0.25) is 0 Å². The molecule has 0 aliphatic heterocycles. The summed E-state index contributed by atoms with van der Waals surface area (Å²) in [5.41, 5.74) is 0.137. The van der Waals surface area contributed by atoms with E-state index in [0.29, 0.717) is 6.61 Å². The van der Waals surface area contributed by atoms with Crippen LogP contribution in [0.5, 0.6) is 5.88 Å². The minimum atomic E-state index is -0.512. The standard InChI is InChI=1S/C9H14N2O3/c1-4-14-9(13)7-5-8(12)11(10-7)6(2)3/h5-6,12H,4H2,1-3H3. The zero-order chi connectivity index (χ0) is 10.7. The maximum Gasteiger partial charge on any atom is 0.358 e. The number of rotatable bonds is 3. The zero-order valence-electron chi connectivity index (χ0n) is 8.52. The lowest BCUT2D eigenvalue weighted by molar-refractivity contribution is 0.0518. The molecule has 0 radical (unpaired) electrons. The Morgan fingerprint density at radius 3 is 2.79 bits per heavy atom. The lowest BCUT2D eigenvalue weighted by Gasteiger charge is -2.05. The van der Waals surface area contributed by atoms with Crippen LogP contribution in [0.25, 0.3) is 0 Å². The van der Waals surface area contributed by atoms with Gasteiger partial charge in [-0.2, -0.15) is 5.10 Å². The summed E-state index contributed by atoms with van der Waals surface area (Å²) in [5.74, 6) is -0.537. The fraction of sp³-hybridized carbons (Fsp3) is 0.556. The van der Waals surface area contributed by atoms with Crippen LogP contribution in [-0.2, 0) is 4.74 Å². The van der Waals surface area contributed by atoms with Crippen molar-refractivity contribution < 1.29 is 14.6 Å². The van der Waals surface area contributed by atoms with Gasteiger partial charge in [0.2, 0.25) is 5.88 Å². The van der Waals surface area contributed by atoms with Gasteiger partial charge in [0.25, 0.3) is 0 Å². The number of aromatic hydroxyl groups is 1. The first-order chi connectivity index (χ1) is 6.56. The summed E-state index contributed by atoms with van der Waals surface area (Å²) in [6, 6.07) is 1.32. The van der Waals surface area contributed by atoms with Gasteiger partial charge in [-0.1, -0.05) is 0 Å². The van der Waals surface area contributed by atoms with Crippen LogP contribution in [0, 0.1) is 0 Å². The first kappa shape index (κ1) is 10.6. The average Bonchev–Trinajstić information content (AvgIpc) is 2.48. The first-order valence-corrected chi connectivity index (χ1v) is 4.52. The average molecular weight is 198 g/mol. The van der Waals surface area contributed by atoms with Crippen molar-refractivity contribution in [3.63, 3.8) is 0 Å². The van der Waals surface area contributed by atoms with E-state index in [1.165, 1.54) is 10.7 Å². The molecule has 0 fully saturated rings. The molecule has 14 heavy (non-hydrogen) atoms.